The van der Waals surface area contributed by atoms with Crippen LogP contribution in [0.5, 0.6) is 0 Å². The van der Waals surface area contributed by atoms with Gasteiger partial charge in [0.05, 0.1) is 6.61 Å². The van der Waals surface area contributed by atoms with E-state index in [1.165, 1.54) is 5.56 Å². The van der Waals surface area contributed by atoms with Gasteiger partial charge in [-0.2, -0.15) is 0 Å². The fraction of sp³-hybridized carbons (Fsp3) is 0.462. The summed E-state index contributed by atoms with van der Waals surface area (Å²) in [5, 5.41) is 7.15. The number of nitrogens with one attached hydrogen (secondary N) is 2. The van der Waals surface area contributed by atoms with Gasteiger partial charge >= 0.3 is 0 Å². The van der Waals surface area contributed by atoms with Crippen molar-refractivity contribution in [1.82, 2.24) is 10.6 Å². The molecular weight excluding hydrogens is 456 g/mol. The van der Waals surface area contributed by atoms with Crippen LogP contribution in [0.1, 0.15) is 5.56 Å². The normalized spacial score (nSPS) is 10.9. The zero-order valence-corrected chi connectivity index (χ0v) is 16.3. The number of benzene rings is 1. The van der Waals surface area contributed by atoms with Crippen molar-refractivity contribution in [3.05, 3.63) is 33.3 Å². The Morgan fingerprint density at radius 2 is 2.05 bits per heavy atom. The van der Waals surface area contributed by atoms with Crippen LogP contribution in [0, 0.1) is 0 Å². The average Bonchev–Trinajstić information content (AvgIpc) is 2.41. The minimum atomic E-state index is 0. The van der Waals surface area contributed by atoms with Crippen molar-refractivity contribution in [1.29, 1.82) is 0 Å². The summed E-state index contributed by atoms with van der Waals surface area (Å²) in [7, 11) is 3.42. The van der Waals surface area contributed by atoms with Crippen LogP contribution in [0.15, 0.2) is 27.7 Å². The first-order valence-corrected chi connectivity index (χ1v) is 7.22. The first-order valence-electron chi connectivity index (χ1n) is 6.04. The van der Waals surface area contributed by atoms with Crippen LogP contribution in [0.3, 0.4) is 0 Å². The topological polar surface area (TPSA) is 45.7 Å². The fourth-order valence-electron chi connectivity index (χ4n) is 1.54. The summed E-state index contributed by atoms with van der Waals surface area (Å²) in [6, 6.07) is 5.80. The quantitative estimate of drug-likeness (QED) is 0.287. The molecule has 7 heteroatoms. The molecule has 1 aromatic rings. The smallest absolute Gasteiger partial charge is 0.191 e. The Bertz CT molecular complexity index is 432. The van der Waals surface area contributed by atoms with Crippen molar-refractivity contribution in [2.24, 2.45) is 4.99 Å². The number of aliphatic imine (C=N–C) groups is 1. The van der Waals surface area contributed by atoms with Crippen molar-refractivity contribution in [2.45, 2.75) is 6.42 Å². The molecule has 0 heterocycles. The molecule has 1 rings (SSSR count). The third kappa shape index (κ3) is 7.66. The SMILES string of the molecule is CN=C(NCCOC)NCCc1cc(Cl)ccc1Br.I. The van der Waals surface area contributed by atoms with Crippen LogP contribution in [-0.2, 0) is 11.2 Å². The second-order valence-electron chi connectivity index (χ2n) is 3.90. The van der Waals surface area contributed by atoms with Crippen molar-refractivity contribution in [3.8, 4) is 0 Å². The summed E-state index contributed by atoms with van der Waals surface area (Å²) in [6.07, 6.45) is 0.867. The Morgan fingerprint density at radius 1 is 1.35 bits per heavy atom. The molecule has 0 spiro atoms. The van der Waals surface area contributed by atoms with Crippen molar-refractivity contribution < 1.29 is 4.74 Å². The van der Waals surface area contributed by atoms with E-state index in [1.807, 2.05) is 18.2 Å². The largest absolute Gasteiger partial charge is 0.383 e. The monoisotopic (exact) mass is 475 g/mol. The highest BCUT2D eigenvalue weighted by molar-refractivity contribution is 14.0. The van der Waals surface area contributed by atoms with Gasteiger partial charge in [-0.3, -0.25) is 4.99 Å². The maximum Gasteiger partial charge on any atom is 0.191 e. The molecule has 0 aromatic heterocycles. The summed E-state index contributed by atoms with van der Waals surface area (Å²) in [6.45, 7) is 2.17. The molecule has 20 heavy (non-hydrogen) atoms. The van der Waals surface area contributed by atoms with Gasteiger partial charge in [0.1, 0.15) is 0 Å². The lowest BCUT2D eigenvalue weighted by molar-refractivity contribution is 0.203. The standard InChI is InChI=1S/C13H19BrClN3O.HI/c1-16-13(18-7-8-19-2)17-6-5-10-9-11(15)3-4-12(10)14;/h3-4,9H,5-8H2,1-2H3,(H2,16,17,18);1H. The molecule has 0 amide bonds. The zero-order chi connectivity index (χ0) is 14.1. The molecule has 0 saturated carbocycles. The first-order chi connectivity index (χ1) is 9.17. The molecule has 4 nitrogen and oxygen atoms in total. The molecule has 0 atom stereocenters. The van der Waals surface area contributed by atoms with Crippen LogP contribution in [-0.4, -0.2) is 39.8 Å². The highest BCUT2D eigenvalue weighted by Gasteiger charge is 2.02. The number of guanidine groups is 1. The number of hydrogen-bond acceptors (Lipinski definition) is 2. The van der Waals surface area contributed by atoms with Gasteiger partial charge in [-0.15, -0.1) is 24.0 Å². The van der Waals surface area contributed by atoms with Gasteiger partial charge in [-0.05, 0) is 30.2 Å². The van der Waals surface area contributed by atoms with Crippen molar-refractivity contribution in [3.63, 3.8) is 0 Å². The van der Waals surface area contributed by atoms with E-state index >= 15 is 0 Å². The molecule has 114 valence electrons. The van der Waals surface area contributed by atoms with Crippen molar-refractivity contribution in [2.75, 3.05) is 33.9 Å². The molecule has 2 N–H and O–H groups in total. The Balaban J connectivity index is 0.00000361. The van der Waals surface area contributed by atoms with E-state index in [0.717, 1.165) is 35.0 Å². The molecule has 0 radical (unpaired) electrons. The first kappa shape index (κ1) is 19.9. The van der Waals surface area contributed by atoms with E-state index in [0.29, 0.717) is 6.61 Å². The van der Waals surface area contributed by atoms with Gasteiger partial charge in [-0.1, -0.05) is 27.5 Å². The molecule has 0 bridgehead atoms. The molecular formula is C13H20BrClIN3O. The number of nitrogens with zero attached hydrogens (tertiary/aromatic N) is 1. The number of methoxy groups -OCH3 is 1. The van der Waals surface area contributed by atoms with Gasteiger partial charge in [-0.25, -0.2) is 0 Å². The van der Waals surface area contributed by atoms with E-state index in [2.05, 4.69) is 31.6 Å². The predicted octanol–water partition coefficient (Wildman–Crippen LogP) is 3.07. The van der Waals surface area contributed by atoms with E-state index in [-0.39, 0.29) is 24.0 Å². The highest BCUT2D eigenvalue weighted by Crippen LogP contribution is 2.21. The second-order valence-corrected chi connectivity index (χ2v) is 5.20. The average molecular weight is 477 g/mol. The molecule has 0 unspecified atom stereocenters. The Morgan fingerprint density at radius 3 is 2.70 bits per heavy atom. The van der Waals surface area contributed by atoms with Crippen LogP contribution in [0.4, 0.5) is 0 Å². The minimum absolute atomic E-state index is 0. The number of hydrogen-bond donors (Lipinski definition) is 2. The van der Waals surface area contributed by atoms with E-state index in [1.54, 1.807) is 14.2 Å². The summed E-state index contributed by atoms with van der Waals surface area (Å²) < 4.78 is 6.04. The maximum absolute atomic E-state index is 5.98. The van der Waals surface area contributed by atoms with Crippen LogP contribution < -0.4 is 10.6 Å². The third-order valence-corrected chi connectivity index (χ3v) is 3.53. The van der Waals surface area contributed by atoms with Gasteiger partial charge in [0, 0.05) is 36.7 Å². The summed E-state index contributed by atoms with van der Waals surface area (Å²) in [4.78, 5) is 4.13. The third-order valence-electron chi connectivity index (χ3n) is 2.52. The number of rotatable bonds is 6. The highest BCUT2D eigenvalue weighted by atomic mass is 127. The Kier molecular flexibility index (Phi) is 11.6. The minimum Gasteiger partial charge on any atom is -0.383 e. The molecule has 1 aromatic carbocycles. The number of halogens is 3. The van der Waals surface area contributed by atoms with Crippen LogP contribution in [0.25, 0.3) is 0 Å². The van der Waals surface area contributed by atoms with Crippen LogP contribution in [0.2, 0.25) is 5.02 Å². The number of ether oxygens (including phenoxy) is 1. The van der Waals surface area contributed by atoms with E-state index in [9.17, 15) is 0 Å². The fourth-order valence-corrected chi connectivity index (χ4v) is 2.18. The van der Waals surface area contributed by atoms with E-state index < -0.39 is 0 Å². The Hall–Kier alpha value is -0.0500. The molecule has 0 fully saturated rings. The lowest BCUT2D eigenvalue weighted by Gasteiger charge is -2.12. The predicted molar refractivity (Wildman–Crippen MR) is 99.5 cm³/mol. The second kappa shape index (κ2) is 11.6. The maximum atomic E-state index is 5.98. The van der Waals surface area contributed by atoms with Gasteiger partial charge in [0.25, 0.3) is 0 Å². The summed E-state index contributed by atoms with van der Waals surface area (Å²) in [5.41, 5.74) is 1.17. The molecule has 0 saturated heterocycles. The lowest BCUT2D eigenvalue weighted by Crippen LogP contribution is -2.39. The van der Waals surface area contributed by atoms with Crippen molar-refractivity contribution >= 4 is 57.5 Å². The molecule has 0 aliphatic rings. The van der Waals surface area contributed by atoms with Gasteiger partial charge < -0.3 is 15.4 Å². The molecule has 0 aliphatic carbocycles. The van der Waals surface area contributed by atoms with Gasteiger partial charge in [0.15, 0.2) is 5.96 Å². The van der Waals surface area contributed by atoms with Crippen LogP contribution >= 0.6 is 51.5 Å². The summed E-state index contributed by atoms with van der Waals surface area (Å²) in [5.74, 6) is 0.773. The zero-order valence-electron chi connectivity index (χ0n) is 11.6. The Labute approximate surface area is 150 Å². The van der Waals surface area contributed by atoms with E-state index in [4.69, 9.17) is 16.3 Å². The van der Waals surface area contributed by atoms with Gasteiger partial charge in [0.2, 0.25) is 0 Å². The summed E-state index contributed by atoms with van der Waals surface area (Å²) >= 11 is 9.50. The lowest BCUT2D eigenvalue weighted by atomic mass is 10.1. The molecule has 0 aliphatic heterocycles.